The Hall–Kier alpha value is -1.24. The van der Waals surface area contributed by atoms with E-state index in [9.17, 15) is 13.2 Å². The van der Waals surface area contributed by atoms with Crippen molar-refractivity contribution in [1.29, 1.82) is 0 Å². The van der Waals surface area contributed by atoms with Gasteiger partial charge in [0, 0.05) is 12.5 Å². The molecule has 2 rings (SSSR count). The number of aromatic nitrogens is 3. The fourth-order valence-corrected chi connectivity index (χ4v) is 1.50. The second-order valence-electron chi connectivity index (χ2n) is 3.39. The molecule has 0 spiro atoms. The van der Waals surface area contributed by atoms with Gasteiger partial charge in [-0.15, -0.1) is 5.10 Å². The molecular formula is C8H9F3N4. The molecule has 0 bridgehead atoms. The summed E-state index contributed by atoms with van der Waals surface area (Å²) in [5.74, 6) is 0.120. The molecule has 0 amide bonds. The van der Waals surface area contributed by atoms with Crippen LogP contribution in [0.25, 0.3) is 0 Å². The standard InChI is InChI=1S/C8H9F3N4/c9-8(10,11)6-4-13-15-7(14-6)5-1-2-12-3-5/h4-5,12H,1-3H2. The minimum absolute atomic E-state index is 0.0557. The maximum absolute atomic E-state index is 12.3. The van der Waals surface area contributed by atoms with Crippen LogP contribution in [0.4, 0.5) is 13.2 Å². The summed E-state index contributed by atoms with van der Waals surface area (Å²) in [7, 11) is 0. The van der Waals surface area contributed by atoms with Gasteiger partial charge in [-0.3, -0.25) is 0 Å². The molecule has 1 fully saturated rings. The van der Waals surface area contributed by atoms with E-state index in [1.807, 2.05) is 0 Å². The monoisotopic (exact) mass is 218 g/mol. The molecule has 4 nitrogen and oxygen atoms in total. The predicted octanol–water partition coefficient (Wildman–Crippen LogP) is 0.967. The summed E-state index contributed by atoms with van der Waals surface area (Å²) in [6, 6.07) is 0. The number of alkyl halides is 3. The van der Waals surface area contributed by atoms with Gasteiger partial charge in [0.1, 0.15) is 0 Å². The average Bonchev–Trinajstić information content (AvgIpc) is 2.69. The van der Waals surface area contributed by atoms with E-state index in [4.69, 9.17) is 0 Å². The van der Waals surface area contributed by atoms with Gasteiger partial charge in [-0.1, -0.05) is 0 Å². The zero-order chi connectivity index (χ0) is 10.9. The molecule has 1 aromatic heterocycles. The second kappa shape index (κ2) is 3.73. The molecule has 1 saturated heterocycles. The van der Waals surface area contributed by atoms with Gasteiger partial charge in [0.2, 0.25) is 0 Å². The first-order chi connectivity index (χ1) is 7.07. The molecule has 1 N–H and O–H groups in total. The Morgan fingerprint density at radius 3 is 2.80 bits per heavy atom. The van der Waals surface area contributed by atoms with E-state index in [-0.39, 0.29) is 11.7 Å². The molecule has 0 saturated carbocycles. The van der Waals surface area contributed by atoms with Crippen molar-refractivity contribution in [3.05, 3.63) is 17.7 Å². The van der Waals surface area contributed by atoms with Gasteiger partial charge in [-0.05, 0) is 13.0 Å². The summed E-state index contributed by atoms with van der Waals surface area (Å²) in [6.07, 6.45) is -3.05. The second-order valence-corrected chi connectivity index (χ2v) is 3.39. The summed E-state index contributed by atoms with van der Waals surface area (Å²) >= 11 is 0. The normalized spacial score (nSPS) is 21.9. The number of nitrogens with one attached hydrogen (secondary N) is 1. The first-order valence-electron chi connectivity index (χ1n) is 4.55. The SMILES string of the molecule is FC(F)(F)c1cnnc(C2CCNC2)n1. The van der Waals surface area contributed by atoms with Crippen LogP contribution in [0.1, 0.15) is 23.9 Å². The lowest BCUT2D eigenvalue weighted by Gasteiger charge is -2.08. The zero-order valence-electron chi connectivity index (χ0n) is 7.75. The van der Waals surface area contributed by atoms with Crippen LogP contribution in [0, 0.1) is 0 Å². The van der Waals surface area contributed by atoms with Gasteiger partial charge in [-0.2, -0.15) is 18.3 Å². The van der Waals surface area contributed by atoms with Gasteiger partial charge in [0.05, 0.1) is 6.20 Å². The number of hydrogen-bond acceptors (Lipinski definition) is 4. The van der Waals surface area contributed by atoms with E-state index in [2.05, 4.69) is 20.5 Å². The Bertz CT molecular complexity index is 346. The van der Waals surface area contributed by atoms with Crippen LogP contribution in [0.2, 0.25) is 0 Å². The topological polar surface area (TPSA) is 50.7 Å². The van der Waals surface area contributed by atoms with Crippen molar-refractivity contribution in [3.63, 3.8) is 0 Å². The first kappa shape index (κ1) is 10.3. The van der Waals surface area contributed by atoms with Crippen molar-refractivity contribution in [3.8, 4) is 0 Å². The molecular weight excluding hydrogens is 209 g/mol. The largest absolute Gasteiger partial charge is 0.435 e. The predicted molar refractivity (Wildman–Crippen MR) is 45.1 cm³/mol. The third kappa shape index (κ3) is 2.23. The molecule has 82 valence electrons. The van der Waals surface area contributed by atoms with Crippen LogP contribution in [-0.4, -0.2) is 28.3 Å². The van der Waals surface area contributed by atoms with Crippen molar-refractivity contribution in [2.24, 2.45) is 0 Å². The number of rotatable bonds is 1. The van der Waals surface area contributed by atoms with Crippen LogP contribution < -0.4 is 5.32 Å². The van der Waals surface area contributed by atoms with E-state index in [1.54, 1.807) is 0 Å². The minimum Gasteiger partial charge on any atom is -0.316 e. The molecule has 1 aromatic rings. The van der Waals surface area contributed by atoms with Gasteiger partial charge >= 0.3 is 6.18 Å². The number of hydrogen-bond donors (Lipinski definition) is 1. The number of halogens is 3. The van der Waals surface area contributed by atoms with Crippen LogP contribution in [0.3, 0.4) is 0 Å². The lowest BCUT2D eigenvalue weighted by Crippen LogP contribution is -2.15. The smallest absolute Gasteiger partial charge is 0.316 e. The maximum atomic E-state index is 12.3. The lowest BCUT2D eigenvalue weighted by molar-refractivity contribution is -0.141. The Kier molecular flexibility index (Phi) is 2.56. The van der Waals surface area contributed by atoms with Gasteiger partial charge < -0.3 is 5.32 Å². The molecule has 1 atom stereocenters. The summed E-state index contributed by atoms with van der Waals surface area (Å²) < 4.78 is 36.9. The van der Waals surface area contributed by atoms with E-state index >= 15 is 0 Å². The van der Waals surface area contributed by atoms with Crippen molar-refractivity contribution in [1.82, 2.24) is 20.5 Å². The van der Waals surface area contributed by atoms with Crippen LogP contribution in [-0.2, 0) is 6.18 Å². The average molecular weight is 218 g/mol. The van der Waals surface area contributed by atoms with Gasteiger partial charge in [0.25, 0.3) is 0 Å². The van der Waals surface area contributed by atoms with E-state index in [0.29, 0.717) is 12.7 Å². The van der Waals surface area contributed by atoms with E-state index < -0.39 is 11.9 Å². The van der Waals surface area contributed by atoms with Crippen molar-refractivity contribution < 1.29 is 13.2 Å². The van der Waals surface area contributed by atoms with Crippen molar-refractivity contribution in [2.75, 3.05) is 13.1 Å². The Labute approximate surface area is 83.9 Å². The summed E-state index contributed by atoms with van der Waals surface area (Å²) in [4.78, 5) is 3.49. The molecule has 7 heteroatoms. The Morgan fingerprint density at radius 2 is 2.20 bits per heavy atom. The minimum atomic E-state index is -4.45. The molecule has 1 aliphatic rings. The van der Waals surface area contributed by atoms with E-state index in [1.165, 1.54) is 0 Å². The summed E-state index contributed by atoms with van der Waals surface area (Å²) in [6.45, 7) is 1.40. The molecule has 0 aromatic carbocycles. The maximum Gasteiger partial charge on any atom is 0.435 e. The highest BCUT2D eigenvalue weighted by Gasteiger charge is 2.34. The highest BCUT2D eigenvalue weighted by Crippen LogP contribution is 2.28. The van der Waals surface area contributed by atoms with Crippen molar-refractivity contribution in [2.45, 2.75) is 18.5 Å². The third-order valence-electron chi connectivity index (χ3n) is 2.29. The van der Waals surface area contributed by atoms with Crippen LogP contribution in [0.5, 0.6) is 0 Å². The Morgan fingerprint density at radius 1 is 1.40 bits per heavy atom. The summed E-state index contributed by atoms with van der Waals surface area (Å²) in [5.41, 5.74) is -0.973. The van der Waals surface area contributed by atoms with Gasteiger partial charge in [0.15, 0.2) is 11.5 Å². The summed E-state index contributed by atoms with van der Waals surface area (Å²) in [5, 5.41) is 10.0. The third-order valence-corrected chi connectivity index (χ3v) is 2.29. The van der Waals surface area contributed by atoms with Crippen LogP contribution >= 0.6 is 0 Å². The molecule has 0 radical (unpaired) electrons. The lowest BCUT2D eigenvalue weighted by atomic mass is 10.1. The number of nitrogens with zero attached hydrogens (tertiary/aromatic N) is 3. The molecule has 15 heavy (non-hydrogen) atoms. The fraction of sp³-hybridized carbons (Fsp3) is 0.625. The molecule has 2 heterocycles. The van der Waals surface area contributed by atoms with Gasteiger partial charge in [-0.25, -0.2) is 4.98 Å². The fourth-order valence-electron chi connectivity index (χ4n) is 1.50. The van der Waals surface area contributed by atoms with Crippen molar-refractivity contribution >= 4 is 0 Å². The highest BCUT2D eigenvalue weighted by molar-refractivity contribution is 5.05. The Balaban J connectivity index is 2.26. The highest BCUT2D eigenvalue weighted by atomic mass is 19.4. The molecule has 1 aliphatic heterocycles. The van der Waals surface area contributed by atoms with E-state index in [0.717, 1.165) is 13.0 Å². The molecule has 0 aliphatic carbocycles. The van der Waals surface area contributed by atoms with Crippen LogP contribution in [0.15, 0.2) is 6.20 Å². The molecule has 1 unspecified atom stereocenters. The first-order valence-corrected chi connectivity index (χ1v) is 4.55. The quantitative estimate of drug-likeness (QED) is 0.763. The zero-order valence-corrected chi connectivity index (χ0v) is 7.75.